The summed E-state index contributed by atoms with van der Waals surface area (Å²) in [4.78, 5) is 1.07. The maximum atomic E-state index is 5.91. The van der Waals surface area contributed by atoms with Crippen molar-refractivity contribution in [2.75, 3.05) is 5.32 Å². The molecule has 1 aliphatic heterocycles. The maximum Gasteiger partial charge on any atom is 0.207 e. The predicted octanol–water partition coefficient (Wildman–Crippen LogP) is 3.11. The van der Waals surface area contributed by atoms with Gasteiger partial charge in [0, 0.05) is 36.3 Å². The van der Waals surface area contributed by atoms with E-state index in [1.165, 1.54) is 11.9 Å². The molecule has 17 heavy (non-hydrogen) atoms. The number of aromatic nitrogens is 2. The highest BCUT2D eigenvalue weighted by Crippen LogP contribution is 2.39. The minimum absolute atomic E-state index is 0.402. The van der Waals surface area contributed by atoms with E-state index in [0.717, 1.165) is 21.7 Å². The van der Waals surface area contributed by atoms with E-state index in [-0.39, 0.29) is 0 Å². The molecule has 86 valence electrons. The summed E-state index contributed by atoms with van der Waals surface area (Å²) in [5, 5.41) is 7.68. The van der Waals surface area contributed by atoms with E-state index >= 15 is 0 Å². The Morgan fingerprint density at radius 3 is 3.06 bits per heavy atom. The molecule has 1 aliphatic rings. The van der Waals surface area contributed by atoms with E-state index in [4.69, 9.17) is 11.6 Å². The number of hydrogen-bond acceptors (Lipinski definition) is 4. The highest BCUT2D eigenvalue weighted by atomic mass is 35.5. The smallest absolute Gasteiger partial charge is 0.207 e. The van der Waals surface area contributed by atoms with Crippen LogP contribution in [0.1, 0.15) is 0 Å². The first-order valence-corrected chi connectivity index (χ1v) is 6.19. The molecule has 0 spiro atoms. The van der Waals surface area contributed by atoms with Crippen LogP contribution in [0.15, 0.2) is 39.9 Å². The number of benzene rings is 1. The van der Waals surface area contributed by atoms with Crippen molar-refractivity contribution in [1.82, 2.24) is 9.78 Å². The first kappa shape index (κ1) is 10.7. The topological polar surface area (TPSA) is 42.2 Å². The summed E-state index contributed by atoms with van der Waals surface area (Å²) in [7, 11) is 1.90. The van der Waals surface area contributed by atoms with Crippen molar-refractivity contribution in [2.45, 2.75) is 4.90 Å². The minimum atomic E-state index is 0.402. The lowest BCUT2D eigenvalue weighted by Crippen LogP contribution is -2.09. The van der Waals surface area contributed by atoms with Gasteiger partial charge in [0.1, 0.15) is 0 Å². The average Bonchev–Trinajstić information content (AvgIpc) is 2.75. The van der Waals surface area contributed by atoms with E-state index < -0.39 is 0 Å². The van der Waals surface area contributed by atoms with Crippen LogP contribution >= 0.6 is 23.5 Å². The van der Waals surface area contributed by atoms with E-state index in [0.29, 0.717) is 5.29 Å². The Bertz CT molecular complexity index is 605. The van der Waals surface area contributed by atoms with Gasteiger partial charge in [-0.3, -0.25) is 4.68 Å². The van der Waals surface area contributed by atoms with E-state index in [1.54, 1.807) is 4.68 Å². The van der Waals surface area contributed by atoms with Gasteiger partial charge in [0.2, 0.25) is 5.29 Å². The van der Waals surface area contributed by atoms with Crippen molar-refractivity contribution in [3.05, 3.63) is 30.6 Å². The molecule has 1 N–H and O–H groups in total. The number of nitrogens with one attached hydrogen (secondary N) is 1. The lowest BCUT2D eigenvalue weighted by molar-refractivity contribution is 0.768. The number of para-hydroxylation sites is 1. The van der Waals surface area contributed by atoms with Gasteiger partial charge in [-0.15, -0.1) is 0 Å². The fraction of sp³-hybridized carbons (Fsp3) is 0.0909. The summed E-state index contributed by atoms with van der Waals surface area (Å²) in [6.07, 6.45) is 3.81. The van der Waals surface area contributed by atoms with Crippen LogP contribution in [0, 0.1) is 0 Å². The average molecular weight is 265 g/mol. The van der Waals surface area contributed by atoms with Gasteiger partial charge in [0.15, 0.2) is 0 Å². The quantitative estimate of drug-likeness (QED) is 0.636. The molecular weight excluding hydrogens is 256 g/mol. The van der Waals surface area contributed by atoms with Gasteiger partial charge in [-0.25, -0.2) is 0 Å². The maximum absolute atomic E-state index is 5.91. The lowest BCUT2D eigenvalue weighted by atomic mass is 10.1. The van der Waals surface area contributed by atoms with Crippen LogP contribution in [0.4, 0.5) is 5.69 Å². The molecule has 0 atom stereocenters. The number of nitrogens with zero attached hydrogens (tertiary/aromatic N) is 3. The summed E-state index contributed by atoms with van der Waals surface area (Å²) in [6, 6.07) is 6.06. The van der Waals surface area contributed by atoms with Gasteiger partial charge in [-0.2, -0.15) is 9.50 Å². The summed E-state index contributed by atoms with van der Waals surface area (Å²) in [5.74, 6) is 0. The zero-order chi connectivity index (χ0) is 11.8. The Hall–Kier alpha value is -1.46. The molecule has 0 unspecified atom stereocenters. The summed E-state index contributed by atoms with van der Waals surface area (Å²) < 4.78 is 5.86. The lowest BCUT2D eigenvalue weighted by Gasteiger charge is -2.16. The number of fused-ring (bicyclic) bond motifs is 1. The second kappa shape index (κ2) is 4.09. The van der Waals surface area contributed by atoms with Gasteiger partial charge in [0.05, 0.1) is 16.8 Å². The summed E-state index contributed by atoms with van der Waals surface area (Å²) >= 11 is 7.28. The van der Waals surface area contributed by atoms with Crippen LogP contribution in [0.25, 0.3) is 11.1 Å². The van der Waals surface area contributed by atoms with Crippen LogP contribution in [0.5, 0.6) is 0 Å². The van der Waals surface area contributed by atoms with Crippen LogP contribution in [-0.2, 0) is 7.05 Å². The third-order valence-corrected chi connectivity index (χ3v) is 3.58. The molecule has 0 amide bonds. The Morgan fingerprint density at radius 1 is 1.41 bits per heavy atom. The van der Waals surface area contributed by atoms with Gasteiger partial charge < -0.3 is 5.32 Å². The SMILES string of the molecule is Cn1cc(-c2cccc3c2NC(Cl)=NS3)cn1. The standard InChI is InChI=1S/C11H9ClN4S/c1-16-6-7(5-13-16)8-3-2-4-9-10(8)14-11(12)15-17-9/h2-6H,1H3,(H,14,15). The number of hydrogen-bond donors (Lipinski definition) is 1. The number of amidine groups is 1. The van der Waals surface area contributed by atoms with E-state index in [9.17, 15) is 0 Å². The third kappa shape index (κ3) is 1.92. The normalized spacial score (nSPS) is 13.9. The molecule has 2 aromatic rings. The van der Waals surface area contributed by atoms with E-state index in [1.807, 2.05) is 37.6 Å². The second-order valence-corrected chi connectivity index (χ2v) is 4.84. The third-order valence-electron chi connectivity index (χ3n) is 2.49. The minimum Gasteiger partial charge on any atom is -0.328 e. The van der Waals surface area contributed by atoms with Gasteiger partial charge in [-0.05, 0) is 17.7 Å². The van der Waals surface area contributed by atoms with Gasteiger partial charge in [0.25, 0.3) is 0 Å². The Balaban J connectivity index is 2.13. The molecule has 1 aromatic carbocycles. The summed E-state index contributed by atoms with van der Waals surface area (Å²) in [5.41, 5.74) is 3.13. The van der Waals surface area contributed by atoms with Crippen molar-refractivity contribution in [1.29, 1.82) is 0 Å². The zero-order valence-corrected chi connectivity index (χ0v) is 10.6. The monoisotopic (exact) mass is 264 g/mol. The predicted molar refractivity (Wildman–Crippen MR) is 71.4 cm³/mol. The van der Waals surface area contributed by atoms with Crippen LogP contribution in [-0.4, -0.2) is 15.1 Å². The molecule has 4 nitrogen and oxygen atoms in total. The molecule has 0 saturated heterocycles. The molecule has 2 heterocycles. The molecular formula is C11H9ClN4S. The highest BCUT2D eigenvalue weighted by Gasteiger charge is 2.16. The molecule has 0 fully saturated rings. The van der Waals surface area contributed by atoms with Crippen molar-refractivity contribution in [3.63, 3.8) is 0 Å². The first-order valence-electron chi connectivity index (χ1n) is 5.03. The molecule has 1 aromatic heterocycles. The van der Waals surface area contributed by atoms with Gasteiger partial charge in [-0.1, -0.05) is 12.1 Å². The molecule has 6 heteroatoms. The Morgan fingerprint density at radius 2 is 2.29 bits per heavy atom. The first-order chi connectivity index (χ1) is 8.24. The molecule has 0 aliphatic carbocycles. The van der Waals surface area contributed by atoms with Crippen molar-refractivity contribution < 1.29 is 0 Å². The Labute approximate surface area is 108 Å². The number of anilines is 1. The largest absolute Gasteiger partial charge is 0.328 e. The molecule has 0 radical (unpaired) electrons. The van der Waals surface area contributed by atoms with E-state index in [2.05, 4.69) is 14.8 Å². The molecule has 3 rings (SSSR count). The van der Waals surface area contributed by atoms with Crippen molar-refractivity contribution in [2.24, 2.45) is 11.4 Å². The molecule has 0 bridgehead atoms. The number of halogens is 1. The molecule has 0 saturated carbocycles. The van der Waals surface area contributed by atoms with Crippen LogP contribution in [0.3, 0.4) is 0 Å². The number of rotatable bonds is 1. The van der Waals surface area contributed by atoms with Crippen LogP contribution in [0.2, 0.25) is 0 Å². The highest BCUT2D eigenvalue weighted by molar-refractivity contribution is 7.98. The van der Waals surface area contributed by atoms with Crippen LogP contribution < -0.4 is 5.32 Å². The zero-order valence-electron chi connectivity index (χ0n) is 9.01. The fourth-order valence-corrected chi connectivity index (χ4v) is 2.57. The van der Waals surface area contributed by atoms with Crippen molar-refractivity contribution >= 4 is 34.5 Å². The summed E-state index contributed by atoms with van der Waals surface area (Å²) in [6.45, 7) is 0. The second-order valence-electron chi connectivity index (χ2n) is 3.68. The van der Waals surface area contributed by atoms with Gasteiger partial charge >= 0.3 is 0 Å². The fourth-order valence-electron chi connectivity index (χ4n) is 1.75. The number of aryl methyl sites for hydroxylation is 1. The van der Waals surface area contributed by atoms with Crippen molar-refractivity contribution in [3.8, 4) is 11.1 Å². The Kier molecular flexibility index (Phi) is 2.57.